The van der Waals surface area contributed by atoms with Crippen LogP contribution in [0, 0.1) is 12.8 Å². The zero-order valence-corrected chi connectivity index (χ0v) is 13.2. The van der Waals surface area contributed by atoms with Crippen LogP contribution >= 0.6 is 15.9 Å². The molecule has 0 aliphatic carbocycles. The van der Waals surface area contributed by atoms with Gasteiger partial charge in [-0.2, -0.15) is 0 Å². The Labute approximate surface area is 122 Å². The Balaban J connectivity index is 2.83. The molecule has 0 radical (unpaired) electrons. The lowest BCUT2D eigenvalue weighted by molar-refractivity contribution is -0.124. The average Bonchev–Trinajstić information content (AvgIpc) is 2.39. The van der Waals surface area contributed by atoms with Gasteiger partial charge in [0, 0.05) is 30.7 Å². The van der Waals surface area contributed by atoms with Crippen molar-refractivity contribution in [1.82, 2.24) is 10.2 Å². The van der Waals surface area contributed by atoms with Crippen LogP contribution in [-0.2, 0) is 4.79 Å². The quantitative estimate of drug-likeness (QED) is 0.922. The van der Waals surface area contributed by atoms with E-state index in [4.69, 9.17) is 0 Å². The first kappa shape index (κ1) is 15.7. The number of hydrogen-bond acceptors (Lipinski definition) is 2. The lowest BCUT2D eigenvalue weighted by atomic mass is 10.1. The number of halogens is 1. The summed E-state index contributed by atoms with van der Waals surface area (Å²) in [5, 5.41) is 2.58. The van der Waals surface area contributed by atoms with Crippen molar-refractivity contribution < 1.29 is 9.59 Å². The number of hydrogen-bond donors (Lipinski definition) is 1. The second kappa shape index (κ2) is 6.70. The highest BCUT2D eigenvalue weighted by molar-refractivity contribution is 9.10. The first-order valence-electron chi connectivity index (χ1n) is 6.10. The van der Waals surface area contributed by atoms with Crippen molar-refractivity contribution in [2.24, 2.45) is 5.92 Å². The van der Waals surface area contributed by atoms with Crippen molar-refractivity contribution in [3.8, 4) is 0 Å². The van der Waals surface area contributed by atoms with E-state index < -0.39 is 0 Å². The van der Waals surface area contributed by atoms with Crippen LogP contribution in [0.15, 0.2) is 22.7 Å². The highest BCUT2D eigenvalue weighted by Crippen LogP contribution is 2.20. The van der Waals surface area contributed by atoms with Gasteiger partial charge in [0.05, 0.1) is 5.92 Å². The van der Waals surface area contributed by atoms with Crippen molar-refractivity contribution in [3.05, 3.63) is 33.8 Å². The van der Waals surface area contributed by atoms with Gasteiger partial charge in [-0.15, -0.1) is 0 Å². The zero-order chi connectivity index (χ0) is 14.6. The molecule has 5 heteroatoms. The monoisotopic (exact) mass is 326 g/mol. The molecule has 0 saturated carbocycles. The summed E-state index contributed by atoms with van der Waals surface area (Å²) >= 11 is 3.41. The average molecular weight is 327 g/mol. The van der Waals surface area contributed by atoms with Gasteiger partial charge in [-0.05, 0) is 24.6 Å². The molecule has 0 aliphatic heterocycles. The molecule has 0 spiro atoms. The van der Waals surface area contributed by atoms with E-state index in [1.165, 1.54) is 0 Å². The molecule has 104 valence electrons. The number of amides is 2. The molecular weight excluding hydrogens is 308 g/mol. The third-order valence-electron chi connectivity index (χ3n) is 3.09. The van der Waals surface area contributed by atoms with Crippen LogP contribution in [-0.4, -0.2) is 37.4 Å². The summed E-state index contributed by atoms with van der Waals surface area (Å²) in [4.78, 5) is 25.4. The number of benzene rings is 1. The second-order valence-electron chi connectivity index (χ2n) is 4.61. The van der Waals surface area contributed by atoms with Crippen molar-refractivity contribution in [2.75, 3.05) is 20.6 Å². The minimum Gasteiger partial charge on any atom is -0.359 e. The highest BCUT2D eigenvalue weighted by Gasteiger charge is 2.19. The van der Waals surface area contributed by atoms with Gasteiger partial charge in [0.1, 0.15) is 0 Å². The zero-order valence-electron chi connectivity index (χ0n) is 11.7. The van der Waals surface area contributed by atoms with E-state index in [-0.39, 0.29) is 17.7 Å². The van der Waals surface area contributed by atoms with Gasteiger partial charge in [-0.3, -0.25) is 9.59 Å². The molecule has 0 aromatic heterocycles. The number of rotatable bonds is 4. The van der Waals surface area contributed by atoms with Gasteiger partial charge in [-0.25, -0.2) is 0 Å². The van der Waals surface area contributed by atoms with Gasteiger partial charge in [-0.1, -0.05) is 28.9 Å². The van der Waals surface area contributed by atoms with Crippen molar-refractivity contribution in [2.45, 2.75) is 13.8 Å². The predicted molar refractivity (Wildman–Crippen MR) is 79.1 cm³/mol. The fourth-order valence-corrected chi connectivity index (χ4v) is 2.23. The Kier molecular flexibility index (Phi) is 5.54. The number of carbonyl (C=O) groups is 2. The molecule has 2 amide bonds. The summed E-state index contributed by atoms with van der Waals surface area (Å²) in [7, 11) is 3.31. The lowest BCUT2D eigenvalue weighted by Crippen LogP contribution is -2.37. The molecule has 1 aromatic carbocycles. The Morgan fingerprint density at radius 2 is 2.05 bits per heavy atom. The molecule has 0 heterocycles. The number of carbonyl (C=O) groups excluding carboxylic acids is 2. The summed E-state index contributed by atoms with van der Waals surface area (Å²) in [5.74, 6) is -0.369. The maximum Gasteiger partial charge on any atom is 0.253 e. The molecule has 1 atom stereocenters. The Morgan fingerprint density at radius 3 is 2.63 bits per heavy atom. The molecule has 1 unspecified atom stereocenters. The Morgan fingerprint density at radius 1 is 1.42 bits per heavy atom. The first-order chi connectivity index (χ1) is 8.88. The van der Waals surface area contributed by atoms with Crippen LogP contribution in [0.1, 0.15) is 22.8 Å². The van der Waals surface area contributed by atoms with Gasteiger partial charge in [0.15, 0.2) is 0 Å². The molecule has 0 bridgehead atoms. The summed E-state index contributed by atoms with van der Waals surface area (Å²) in [6, 6.07) is 5.53. The second-order valence-corrected chi connectivity index (χ2v) is 5.47. The smallest absolute Gasteiger partial charge is 0.253 e. The van der Waals surface area contributed by atoms with E-state index >= 15 is 0 Å². The van der Waals surface area contributed by atoms with E-state index in [0.717, 1.165) is 10.0 Å². The van der Waals surface area contributed by atoms with Crippen molar-refractivity contribution >= 4 is 27.7 Å². The van der Waals surface area contributed by atoms with Gasteiger partial charge >= 0.3 is 0 Å². The normalized spacial score (nSPS) is 11.8. The van der Waals surface area contributed by atoms with Gasteiger partial charge in [0.2, 0.25) is 5.91 Å². The predicted octanol–water partition coefficient (Wildman–Crippen LogP) is 2.21. The Bertz CT molecular complexity index is 488. The summed E-state index contributed by atoms with van der Waals surface area (Å²) < 4.78 is 0.908. The molecule has 1 aromatic rings. The molecule has 0 aliphatic rings. The van der Waals surface area contributed by atoms with Crippen molar-refractivity contribution in [1.29, 1.82) is 0 Å². The highest BCUT2D eigenvalue weighted by atomic mass is 79.9. The number of nitrogens with zero attached hydrogens (tertiary/aromatic N) is 1. The van der Waals surface area contributed by atoms with E-state index in [1.807, 2.05) is 19.1 Å². The minimum atomic E-state index is -0.230. The SMILES string of the molecule is CNC(=O)C(C)CN(C)C(=O)c1cccc(Br)c1C. The largest absolute Gasteiger partial charge is 0.359 e. The molecule has 0 saturated heterocycles. The molecule has 1 N–H and O–H groups in total. The summed E-state index contributed by atoms with van der Waals surface area (Å²) in [6.07, 6.45) is 0. The lowest BCUT2D eigenvalue weighted by Gasteiger charge is -2.21. The Hall–Kier alpha value is -1.36. The van der Waals surface area contributed by atoms with Crippen LogP contribution < -0.4 is 5.32 Å². The van der Waals surface area contributed by atoms with Gasteiger partial charge in [0.25, 0.3) is 5.91 Å². The fourth-order valence-electron chi connectivity index (χ4n) is 1.87. The maximum atomic E-state index is 12.3. The van der Waals surface area contributed by atoms with E-state index in [9.17, 15) is 9.59 Å². The van der Waals surface area contributed by atoms with Crippen LogP contribution in [0.3, 0.4) is 0 Å². The molecular formula is C14H19BrN2O2. The summed E-state index contributed by atoms with van der Waals surface area (Å²) in [6.45, 7) is 4.09. The van der Waals surface area contributed by atoms with E-state index in [0.29, 0.717) is 12.1 Å². The van der Waals surface area contributed by atoms with Crippen LogP contribution in [0.5, 0.6) is 0 Å². The third kappa shape index (κ3) is 3.80. The third-order valence-corrected chi connectivity index (χ3v) is 3.95. The van der Waals surface area contributed by atoms with Crippen LogP contribution in [0.25, 0.3) is 0 Å². The van der Waals surface area contributed by atoms with Gasteiger partial charge < -0.3 is 10.2 Å². The minimum absolute atomic E-state index is 0.0642. The molecule has 0 fully saturated rings. The van der Waals surface area contributed by atoms with Crippen LogP contribution in [0.4, 0.5) is 0 Å². The fraction of sp³-hybridized carbons (Fsp3) is 0.429. The van der Waals surface area contributed by atoms with Crippen molar-refractivity contribution in [3.63, 3.8) is 0 Å². The standard InChI is InChI=1S/C14H19BrN2O2/c1-9(13(18)16-3)8-17(4)14(19)11-6-5-7-12(15)10(11)2/h5-7,9H,8H2,1-4H3,(H,16,18). The first-order valence-corrected chi connectivity index (χ1v) is 6.90. The topological polar surface area (TPSA) is 49.4 Å². The molecule has 4 nitrogen and oxygen atoms in total. The number of nitrogens with one attached hydrogen (secondary N) is 1. The molecule has 19 heavy (non-hydrogen) atoms. The van der Waals surface area contributed by atoms with E-state index in [2.05, 4.69) is 21.2 Å². The molecule has 1 rings (SSSR count). The van der Waals surface area contributed by atoms with E-state index in [1.54, 1.807) is 32.0 Å². The maximum absolute atomic E-state index is 12.3. The van der Waals surface area contributed by atoms with Crippen LogP contribution in [0.2, 0.25) is 0 Å². The summed E-state index contributed by atoms with van der Waals surface area (Å²) in [5.41, 5.74) is 1.56.